The van der Waals surface area contributed by atoms with Crippen LogP contribution in [0.2, 0.25) is 5.02 Å². The van der Waals surface area contributed by atoms with Gasteiger partial charge >= 0.3 is 0 Å². The van der Waals surface area contributed by atoms with E-state index < -0.39 is 0 Å². The molecule has 1 aliphatic carbocycles. The maximum atomic E-state index is 12.5. The summed E-state index contributed by atoms with van der Waals surface area (Å²) >= 11 is 6.06. The molecule has 1 heterocycles. The number of benzene rings is 1. The van der Waals surface area contributed by atoms with E-state index in [1.807, 2.05) is 25.1 Å². The lowest BCUT2D eigenvalue weighted by atomic mass is 9.92. The lowest BCUT2D eigenvalue weighted by Gasteiger charge is -2.25. The number of hydrogen-bond acceptors (Lipinski definition) is 5. The molecule has 1 aliphatic rings. The number of carbonyl (C=O) groups excluding carboxylic acids is 1. The average molecular weight is 399 g/mol. The smallest absolute Gasteiger partial charge is 0.277 e. The highest BCUT2D eigenvalue weighted by Gasteiger charge is 2.22. The average Bonchev–Trinajstić information content (AvgIpc) is 3.05. The van der Waals surface area contributed by atoms with Crippen molar-refractivity contribution in [2.75, 3.05) is 24.3 Å². The number of nitrogens with one attached hydrogen (secondary N) is 1. The summed E-state index contributed by atoms with van der Waals surface area (Å²) in [6.45, 7) is 0. The predicted octanol–water partition coefficient (Wildman–Crippen LogP) is 3.11. The maximum absolute atomic E-state index is 12.5. The van der Waals surface area contributed by atoms with Crippen LogP contribution in [0.15, 0.2) is 24.4 Å². The molecule has 0 saturated heterocycles. The highest BCUT2D eigenvalue weighted by atomic mass is 35.5. The number of carbonyl (C=O) groups is 1. The topological polar surface area (TPSA) is 89.1 Å². The molecular weight excluding hydrogens is 375 g/mol. The molecule has 1 saturated carbocycles. The number of nitrogens with zero attached hydrogens (tertiary/aromatic N) is 4. The number of nitrogens with two attached hydrogens (primary N) is 1. The lowest BCUT2D eigenvalue weighted by Crippen LogP contribution is -2.28. The van der Waals surface area contributed by atoms with Gasteiger partial charge in [-0.2, -0.15) is 0 Å². The minimum atomic E-state index is -0.302. The minimum Gasteiger partial charge on any atom is -0.376 e. The second-order valence-corrected chi connectivity index (χ2v) is 7.10. The normalized spacial score (nSPS) is 19.5. The number of hydrogen-bond donors (Lipinski definition) is 2. The van der Waals surface area contributed by atoms with Crippen molar-refractivity contribution in [3.05, 3.63) is 35.1 Å². The van der Waals surface area contributed by atoms with E-state index in [-0.39, 0.29) is 30.4 Å². The Balaban J connectivity index is 0.00000243. The highest BCUT2D eigenvalue weighted by Crippen LogP contribution is 2.29. The zero-order valence-corrected chi connectivity index (χ0v) is 16.4. The Morgan fingerprint density at radius 2 is 2.00 bits per heavy atom. The molecule has 3 N–H and O–H groups in total. The van der Waals surface area contributed by atoms with Crippen LogP contribution in [0.1, 0.15) is 42.2 Å². The quantitative estimate of drug-likeness (QED) is 0.825. The second-order valence-electron chi connectivity index (χ2n) is 6.66. The van der Waals surface area contributed by atoms with Gasteiger partial charge in [-0.05, 0) is 43.9 Å². The lowest BCUT2D eigenvalue weighted by molar-refractivity contribution is 0.102. The van der Waals surface area contributed by atoms with E-state index in [1.54, 1.807) is 23.0 Å². The SMILES string of the molecule is CN(C)c1ccc(Cl)cc1NC(=O)c1cn(C2CCC(N)CC2)nn1.Cl. The summed E-state index contributed by atoms with van der Waals surface area (Å²) in [6.07, 6.45) is 5.58. The Morgan fingerprint density at radius 1 is 1.31 bits per heavy atom. The van der Waals surface area contributed by atoms with Gasteiger partial charge < -0.3 is 16.0 Å². The van der Waals surface area contributed by atoms with E-state index >= 15 is 0 Å². The van der Waals surface area contributed by atoms with E-state index in [0.29, 0.717) is 16.4 Å². The zero-order valence-electron chi connectivity index (χ0n) is 14.9. The first-order valence-corrected chi connectivity index (χ1v) is 8.77. The molecule has 26 heavy (non-hydrogen) atoms. The summed E-state index contributed by atoms with van der Waals surface area (Å²) in [7, 11) is 3.81. The largest absolute Gasteiger partial charge is 0.376 e. The minimum absolute atomic E-state index is 0. The summed E-state index contributed by atoms with van der Waals surface area (Å²) in [5.74, 6) is -0.302. The van der Waals surface area contributed by atoms with Gasteiger partial charge in [0, 0.05) is 25.2 Å². The molecule has 142 valence electrons. The van der Waals surface area contributed by atoms with Gasteiger partial charge in [0.15, 0.2) is 5.69 Å². The van der Waals surface area contributed by atoms with Crippen molar-refractivity contribution in [3.63, 3.8) is 0 Å². The number of halogens is 2. The van der Waals surface area contributed by atoms with Crippen molar-refractivity contribution in [1.29, 1.82) is 0 Å². The van der Waals surface area contributed by atoms with Crippen LogP contribution in [0.4, 0.5) is 11.4 Å². The fraction of sp³-hybridized carbons (Fsp3) is 0.471. The van der Waals surface area contributed by atoms with E-state index in [0.717, 1.165) is 31.4 Å². The van der Waals surface area contributed by atoms with Crippen LogP contribution in [0.3, 0.4) is 0 Å². The van der Waals surface area contributed by atoms with Gasteiger partial charge in [0.25, 0.3) is 5.91 Å². The van der Waals surface area contributed by atoms with Crippen LogP contribution in [0, 0.1) is 0 Å². The van der Waals surface area contributed by atoms with Crippen LogP contribution < -0.4 is 16.0 Å². The fourth-order valence-electron chi connectivity index (χ4n) is 3.11. The van der Waals surface area contributed by atoms with Gasteiger partial charge in [0.2, 0.25) is 0 Å². The molecular formula is C17H24Cl2N6O. The van der Waals surface area contributed by atoms with Crippen molar-refractivity contribution in [2.24, 2.45) is 5.73 Å². The van der Waals surface area contributed by atoms with Crippen molar-refractivity contribution >= 4 is 41.3 Å². The van der Waals surface area contributed by atoms with Gasteiger partial charge in [0.05, 0.1) is 23.6 Å². The third kappa shape index (κ3) is 4.66. The summed E-state index contributed by atoms with van der Waals surface area (Å²) in [5, 5.41) is 11.6. The van der Waals surface area contributed by atoms with Gasteiger partial charge in [-0.3, -0.25) is 4.79 Å². The molecule has 7 nitrogen and oxygen atoms in total. The molecule has 0 atom stereocenters. The number of anilines is 2. The van der Waals surface area contributed by atoms with Gasteiger partial charge in [-0.15, -0.1) is 17.5 Å². The van der Waals surface area contributed by atoms with Crippen molar-refractivity contribution in [3.8, 4) is 0 Å². The molecule has 9 heteroatoms. The van der Waals surface area contributed by atoms with E-state index in [2.05, 4.69) is 15.6 Å². The summed E-state index contributed by atoms with van der Waals surface area (Å²) in [5.41, 5.74) is 7.74. The first kappa shape index (κ1) is 20.5. The molecule has 0 radical (unpaired) electrons. The van der Waals surface area contributed by atoms with Crippen LogP contribution in [0.5, 0.6) is 0 Å². The Bertz CT molecular complexity index is 755. The highest BCUT2D eigenvalue weighted by molar-refractivity contribution is 6.31. The third-order valence-corrected chi connectivity index (χ3v) is 4.78. The van der Waals surface area contributed by atoms with Crippen molar-refractivity contribution in [1.82, 2.24) is 15.0 Å². The van der Waals surface area contributed by atoms with Crippen LogP contribution in [-0.2, 0) is 0 Å². The van der Waals surface area contributed by atoms with Crippen LogP contribution in [-0.4, -0.2) is 41.0 Å². The molecule has 1 amide bonds. The second kappa shape index (κ2) is 8.70. The van der Waals surface area contributed by atoms with E-state index in [9.17, 15) is 4.79 Å². The third-order valence-electron chi connectivity index (χ3n) is 4.55. The molecule has 2 aromatic rings. The van der Waals surface area contributed by atoms with Crippen LogP contribution >= 0.6 is 24.0 Å². The Morgan fingerprint density at radius 3 is 2.65 bits per heavy atom. The number of rotatable bonds is 4. The molecule has 0 aliphatic heterocycles. The van der Waals surface area contributed by atoms with E-state index in [1.165, 1.54) is 0 Å². The molecule has 1 fully saturated rings. The summed E-state index contributed by atoms with van der Waals surface area (Å²) in [6, 6.07) is 5.91. The van der Waals surface area contributed by atoms with Gasteiger partial charge in [-0.1, -0.05) is 16.8 Å². The fourth-order valence-corrected chi connectivity index (χ4v) is 3.28. The Kier molecular flexibility index (Phi) is 6.86. The van der Waals surface area contributed by atoms with Crippen molar-refractivity contribution < 1.29 is 4.79 Å². The summed E-state index contributed by atoms with van der Waals surface area (Å²) in [4.78, 5) is 14.5. The molecule has 0 unspecified atom stereocenters. The molecule has 1 aromatic heterocycles. The first-order valence-electron chi connectivity index (χ1n) is 8.39. The standard InChI is InChI=1S/C17H23ClN6O.ClH/c1-23(2)16-8-3-11(18)9-14(16)20-17(25)15-10-24(22-21-15)13-6-4-12(19)5-7-13;/h3,8-10,12-13H,4-7,19H2,1-2H3,(H,20,25);1H. The van der Waals surface area contributed by atoms with Crippen LogP contribution in [0.25, 0.3) is 0 Å². The maximum Gasteiger partial charge on any atom is 0.277 e. The first-order chi connectivity index (χ1) is 11.9. The Labute approximate surface area is 164 Å². The predicted molar refractivity (Wildman–Crippen MR) is 106 cm³/mol. The Hall–Kier alpha value is -1.83. The molecule has 3 rings (SSSR count). The summed E-state index contributed by atoms with van der Waals surface area (Å²) < 4.78 is 1.78. The monoisotopic (exact) mass is 398 g/mol. The van der Waals surface area contributed by atoms with Gasteiger partial charge in [0.1, 0.15) is 0 Å². The number of aromatic nitrogens is 3. The molecule has 0 bridgehead atoms. The van der Waals surface area contributed by atoms with E-state index in [4.69, 9.17) is 17.3 Å². The molecule has 1 aromatic carbocycles. The zero-order chi connectivity index (χ0) is 18.0. The van der Waals surface area contributed by atoms with Crippen molar-refractivity contribution in [2.45, 2.75) is 37.8 Å². The number of amides is 1. The molecule has 0 spiro atoms. The van der Waals surface area contributed by atoms with Gasteiger partial charge in [-0.25, -0.2) is 4.68 Å².